The molecule has 0 amide bonds. The van der Waals surface area contributed by atoms with Crippen molar-refractivity contribution in [3.05, 3.63) is 53.4 Å². The number of carboxylic acid groups (broad SMARTS) is 1. The van der Waals surface area contributed by atoms with Crippen LogP contribution in [0.15, 0.2) is 42.0 Å². The average Bonchev–Trinajstić information content (AvgIpc) is 3.30. The van der Waals surface area contributed by atoms with Gasteiger partial charge in [0.1, 0.15) is 5.82 Å². The zero-order valence-electron chi connectivity index (χ0n) is 26.0. The molecular weight excluding hydrogens is 511 g/mol. The van der Waals surface area contributed by atoms with E-state index in [0.29, 0.717) is 23.7 Å². The number of hydrogen-bond acceptors (Lipinski definition) is 2. The Labute approximate surface area is 246 Å². The summed E-state index contributed by atoms with van der Waals surface area (Å²) >= 11 is 0. The predicted molar refractivity (Wildman–Crippen MR) is 161 cm³/mol. The van der Waals surface area contributed by atoms with E-state index in [9.17, 15) is 19.1 Å². The standard InChI is InChI=1S/C37H49FO3/c1-22(2)26-14-17-37(32(40)41)19-18-35(6)27(30(26)37)12-13-29-34(5)21-24(20-23-8-10-25(38)11-9-23)31(39)33(3,4)28(34)15-16-36(29,35)7/h8-11,20,26-30H,1,12-19,21H2,2-7H3,(H,40,41)/b24-20+/t26-,27+,28-,29+,30+,34-,35+,36+,37-/m0/s1. The molecule has 222 valence electrons. The Kier molecular flexibility index (Phi) is 6.43. The molecule has 0 unspecified atom stereocenters. The Morgan fingerprint density at radius 2 is 1.61 bits per heavy atom. The number of benzene rings is 1. The number of carbonyl (C=O) groups is 2. The molecule has 0 heterocycles. The van der Waals surface area contributed by atoms with E-state index in [4.69, 9.17) is 0 Å². The SMILES string of the molecule is C=C(C)[C@@H]1CC[C@]2(C(=O)O)CC[C@]3(C)[C@H](CC[C@@H]4[C@@]5(C)C/C(=C\c6ccc(F)cc6)C(=O)C(C)(C)[C@@H]5CC[C@]43C)[C@@H]12. The van der Waals surface area contributed by atoms with Crippen LogP contribution in [0.5, 0.6) is 0 Å². The smallest absolute Gasteiger partial charge is 0.309 e. The van der Waals surface area contributed by atoms with Crippen molar-refractivity contribution in [3.63, 3.8) is 0 Å². The Morgan fingerprint density at radius 1 is 0.927 bits per heavy atom. The van der Waals surface area contributed by atoms with Gasteiger partial charge in [0.05, 0.1) is 5.41 Å². The minimum atomic E-state index is -0.609. The first-order valence-corrected chi connectivity index (χ1v) is 16.0. The quantitative estimate of drug-likeness (QED) is 0.296. The number of Topliss-reactive ketones (excluding diaryl/α,β-unsaturated/α-hetero) is 1. The molecule has 0 radical (unpaired) electrons. The molecule has 0 aliphatic heterocycles. The molecule has 6 rings (SSSR count). The van der Waals surface area contributed by atoms with Gasteiger partial charge in [-0.05, 0) is 140 Å². The predicted octanol–water partition coefficient (Wildman–Crippen LogP) is 9.13. The fourth-order valence-corrected chi connectivity index (χ4v) is 12.3. The third-order valence-corrected chi connectivity index (χ3v) is 14.3. The molecule has 0 spiro atoms. The van der Waals surface area contributed by atoms with Crippen molar-refractivity contribution in [2.75, 3.05) is 0 Å². The second-order valence-corrected chi connectivity index (χ2v) is 16.1. The van der Waals surface area contributed by atoms with Crippen LogP contribution in [-0.2, 0) is 9.59 Å². The molecule has 0 saturated heterocycles. The third-order valence-electron chi connectivity index (χ3n) is 14.3. The first-order valence-electron chi connectivity index (χ1n) is 16.0. The van der Waals surface area contributed by atoms with Crippen LogP contribution < -0.4 is 0 Å². The molecule has 0 aromatic heterocycles. The maximum atomic E-state index is 14.0. The molecule has 3 nitrogen and oxygen atoms in total. The second kappa shape index (κ2) is 9.13. The lowest BCUT2D eigenvalue weighted by Crippen LogP contribution is -2.67. The fourth-order valence-electron chi connectivity index (χ4n) is 12.3. The van der Waals surface area contributed by atoms with E-state index in [2.05, 4.69) is 48.1 Å². The van der Waals surface area contributed by atoms with Gasteiger partial charge in [-0.15, -0.1) is 0 Å². The summed E-state index contributed by atoms with van der Waals surface area (Å²) in [5.41, 5.74) is 1.95. The van der Waals surface area contributed by atoms with Gasteiger partial charge in [-0.2, -0.15) is 0 Å². The van der Waals surface area contributed by atoms with Crippen molar-refractivity contribution >= 4 is 17.8 Å². The summed E-state index contributed by atoms with van der Waals surface area (Å²) in [6, 6.07) is 6.47. The summed E-state index contributed by atoms with van der Waals surface area (Å²) < 4.78 is 13.6. The van der Waals surface area contributed by atoms with E-state index in [1.54, 1.807) is 12.1 Å². The van der Waals surface area contributed by atoms with Gasteiger partial charge < -0.3 is 5.11 Å². The number of hydrogen-bond donors (Lipinski definition) is 1. The van der Waals surface area contributed by atoms with Gasteiger partial charge in [-0.1, -0.05) is 58.9 Å². The highest BCUT2D eigenvalue weighted by molar-refractivity contribution is 6.04. The number of halogens is 1. The van der Waals surface area contributed by atoms with Gasteiger partial charge in [0.2, 0.25) is 0 Å². The second-order valence-electron chi connectivity index (χ2n) is 16.1. The van der Waals surface area contributed by atoms with Crippen LogP contribution in [0.4, 0.5) is 4.39 Å². The molecule has 5 aliphatic rings. The highest BCUT2D eigenvalue weighted by Gasteiger charge is 2.72. The van der Waals surface area contributed by atoms with E-state index in [0.717, 1.165) is 74.5 Å². The van der Waals surface area contributed by atoms with Crippen LogP contribution in [0.3, 0.4) is 0 Å². The summed E-state index contributed by atoms with van der Waals surface area (Å²) in [6.07, 6.45) is 10.5. The Balaban J connectivity index is 1.41. The van der Waals surface area contributed by atoms with Crippen molar-refractivity contribution < 1.29 is 19.1 Å². The number of rotatable bonds is 3. The first kappa shape index (κ1) is 28.9. The Hall–Kier alpha value is -2.23. The number of allylic oxidation sites excluding steroid dienone is 2. The molecule has 5 fully saturated rings. The summed E-state index contributed by atoms with van der Waals surface area (Å²) in [4.78, 5) is 26.9. The highest BCUT2D eigenvalue weighted by atomic mass is 19.1. The number of carboxylic acids is 1. The van der Waals surface area contributed by atoms with Gasteiger partial charge >= 0.3 is 5.97 Å². The summed E-state index contributed by atoms with van der Waals surface area (Å²) in [5.74, 6) is 0.996. The molecule has 0 bridgehead atoms. The summed E-state index contributed by atoms with van der Waals surface area (Å²) in [5, 5.41) is 10.6. The van der Waals surface area contributed by atoms with Crippen LogP contribution >= 0.6 is 0 Å². The Morgan fingerprint density at radius 3 is 2.24 bits per heavy atom. The largest absolute Gasteiger partial charge is 0.481 e. The zero-order chi connectivity index (χ0) is 29.8. The number of carbonyl (C=O) groups excluding carboxylic acids is 1. The lowest BCUT2D eigenvalue weighted by atomic mass is 9.32. The molecule has 1 aromatic carbocycles. The van der Waals surface area contributed by atoms with Crippen LogP contribution in [0, 0.1) is 62.5 Å². The fraction of sp³-hybridized carbons (Fsp3) is 0.676. The summed E-state index contributed by atoms with van der Waals surface area (Å²) in [7, 11) is 0. The highest BCUT2D eigenvalue weighted by Crippen LogP contribution is 2.77. The van der Waals surface area contributed by atoms with Gasteiger partial charge in [0.15, 0.2) is 5.78 Å². The topological polar surface area (TPSA) is 54.4 Å². The zero-order valence-corrected chi connectivity index (χ0v) is 26.0. The van der Waals surface area contributed by atoms with Gasteiger partial charge in [-0.3, -0.25) is 9.59 Å². The third kappa shape index (κ3) is 3.73. The van der Waals surface area contributed by atoms with Gasteiger partial charge in [-0.25, -0.2) is 4.39 Å². The number of ketones is 1. The lowest BCUT2D eigenvalue weighted by molar-refractivity contribution is -0.231. The van der Waals surface area contributed by atoms with Crippen LogP contribution in [-0.4, -0.2) is 16.9 Å². The van der Waals surface area contributed by atoms with Crippen LogP contribution in [0.25, 0.3) is 6.08 Å². The molecule has 1 aromatic rings. The minimum absolute atomic E-state index is 0.0327. The number of fused-ring (bicyclic) bond motifs is 7. The molecule has 41 heavy (non-hydrogen) atoms. The minimum Gasteiger partial charge on any atom is -0.481 e. The van der Waals surface area contributed by atoms with Crippen molar-refractivity contribution in [3.8, 4) is 0 Å². The average molecular weight is 561 g/mol. The molecule has 1 N–H and O–H groups in total. The van der Waals surface area contributed by atoms with E-state index < -0.39 is 16.8 Å². The maximum absolute atomic E-state index is 14.0. The lowest BCUT2D eigenvalue weighted by Gasteiger charge is -2.72. The van der Waals surface area contributed by atoms with Crippen LogP contribution in [0.2, 0.25) is 0 Å². The van der Waals surface area contributed by atoms with Crippen LogP contribution in [0.1, 0.15) is 105 Å². The summed E-state index contributed by atoms with van der Waals surface area (Å²) in [6.45, 7) is 18.3. The maximum Gasteiger partial charge on any atom is 0.309 e. The van der Waals surface area contributed by atoms with Gasteiger partial charge in [0.25, 0.3) is 0 Å². The normalized spacial score (nSPS) is 45.8. The molecule has 9 atom stereocenters. The van der Waals surface area contributed by atoms with E-state index >= 15 is 0 Å². The van der Waals surface area contributed by atoms with Crippen molar-refractivity contribution in [2.45, 2.75) is 99.3 Å². The van der Waals surface area contributed by atoms with Crippen molar-refractivity contribution in [2.24, 2.45) is 56.7 Å². The van der Waals surface area contributed by atoms with E-state index in [1.807, 2.05) is 6.08 Å². The molecular formula is C37H49FO3. The van der Waals surface area contributed by atoms with Crippen molar-refractivity contribution in [1.29, 1.82) is 0 Å². The van der Waals surface area contributed by atoms with E-state index in [1.165, 1.54) is 12.1 Å². The Bertz CT molecular complexity index is 1320. The molecule has 5 aliphatic carbocycles. The first-order chi connectivity index (χ1) is 19.1. The van der Waals surface area contributed by atoms with Gasteiger partial charge in [0, 0.05) is 5.41 Å². The van der Waals surface area contributed by atoms with Crippen molar-refractivity contribution in [1.82, 2.24) is 0 Å². The monoisotopic (exact) mass is 560 g/mol. The molecule has 5 saturated carbocycles. The molecule has 4 heteroatoms. The van der Waals surface area contributed by atoms with E-state index in [-0.39, 0.29) is 33.8 Å². The number of aliphatic carboxylic acids is 1.